The van der Waals surface area contributed by atoms with Crippen LogP contribution in [-0.4, -0.2) is 36.4 Å². The molecule has 0 amide bonds. The van der Waals surface area contributed by atoms with Gasteiger partial charge in [0.1, 0.15) is 0 Å². The van der Waals surface area contributed by atoms with E-state index in [0.717, 1.165) is 0 Å². The van der Waals surface area contributed by atoms with Gasteiger partial charge in [0.05, 0.1) is 13.3 Å². The number of ether oxygens (including phenoxy) is 1. The monoisotopic (exact) mass is 154 g/mol. The van der Waals surface area contributed by atoms with E-state index in [1.807, 2.05) is 14.1 Å². The van der Waals surface area contributed by atoms with Crippen LogP contribution >= 0.6 is 0 Å². The molecule has 1 aromatic heterocycles. The predicted molar refractivity (Wildman–Crippen MR) is 40.7 cm³/mol. The fraction of sp³-hybridized carbons (Fsp3) is 0.500. The Morgan fingerprint density at radius 3 is 2.45 bits per heavy atom. The Kier molecular flexibility index (Phi) is 2.20. The summed E-state index contributed by atoms with van der Waals surface area (Å²) in [6.07, 6.45) is 1.53. The minimum atomic E-state index is 0.426. The fourth-order valence-corrected chi connectivity index (χ4v) is 0.557. The van der Waals surface area contributed by atoms with Crippen LogP contribution in [0.3, 0.4) is 0 Å². The number of aromatic nitrogens is 3. The van der Waals surface area contributed by atoms with Crippen molar-refractivity contribution in [2.75, 3.05) is 26.1 Å². The van der Waals surface area contributed by atoms with Gasteiger partial charge < -0.3 is 9.64 Å². The van der Waals surface area contributed by atoms with Crippen LogP contribution in [-0.2, 0) is 0 Å². The molecule has 0 fully saturated rings. The molecule has 0 bridgehead atoms. The molecule has 1 rings (SSSR count). The zero-order valence-electron chi connectivity index (χ0n) is 6.77. The van der Waals surface area contributed by atoms with Crippen molar-refractivity contribution in [2.45, 2.75) is 0 Å². The maximum absolute atomic E-state index is 4.79. The van der Waals surface area contributed by atoms with Crippen molar-refractivity contribution < 1.29 is 4.74 Å². The molecular formula is C6H10N4O. The minimum Gasteiger partial charge on any atom is -0.479 e. The summed E-state index contributed by atoms with van der Waals surface area (Å²) >= 11 is 0. The third kappa shape index (κ3) is 1.76. The molecule has 0 unspecified atom stereocenters. The molecule has 1 aromatic rings. The zero-order chi connectivity index (χ0) is 8.27. The minimum absolute atomic E-state index is 0.426. The van der Waals surface area contributed by atoms with E-state index in [-0.39, 0.29) is 0 Å². The fourth-order valence-electron chi connectivity index (χ4n) is 0.557. The predicted octanol–water partition coefficient (Wildman–Crippen LogP) is -0.0538. The lowest BCUT2D eigenvalue weighted by Crippen LogP contribution is -2.13. The van der Waals surface area contributed by atoms with Crippen LogP contribution < -0.4 is 9.64 Å². The molecule has 0 saturated heterocycles. The standard InChI is InChI=1S/C6H10N4O/c1-10(2)6-7-4-5(11-3)8-9-6/h4H,1-3H3. The van der Waals surface area contributed by atoms with Crippen molar-refractivity contribution >= 4 is 5.95 Å². The Morgan fingerprint density at radius 1 is 1.36 bits per heavy atom. The highest BCUT2D eigenvalue weighted by molar-refractivity contribution is 5.24. The quantitative estimate of drug-likeness (QED) is 0.597. The second-order valence-electron chi connectivity index (χ2n) is 2.19. The van der Waals surface area contributed by atoms with E-state index < -0.39 is 0 Å². The second kappa shape index (κ2) is 3.14. The van der Waals surface area contributed by atoms with Gasteiger partial charge in [-0.1, -0.05) is 0 Å². The molecule has 0 atom stereocenters. The first-order chi connectivity index (χ1) is 5.24. The molecule has 0 aliphatic heterocycles. The first kappa shape index (κ1) is 7.71. The highest BCUT2D eigenvalue weighted by Gasteiger charge is 1.98. The van der Waals surface area contributed by atoms with E-state index in [9.17, 15) is 0 Å². The molecule has 0 saturated carbocycles. The molecule has 0 aliphatic carbocycles. The van der Waals surface area contributed by atoms with Crippen molar-refractivity contribution in [1.82, 2.24) is 15.2 Å². The zero-order valence-corrected chi connectivity index (χ0v) is 6.77. The second-order valence-corrected chi connectivity index (χ2v) is 2.19. The summed E-state index contributed by atoms with van der Waals surface area (Å²) in [6, 6.07) is 0. The van der Waals surface area contributed by atoms with E-state index in [2.05, 4.69) is 15.2 Å². The van der Waals surface area contributed by atoms with Crippen LogP contribution in [0.15, 0.2) is 6.20 Å². The smallest absolute Gasteiger partial charge is 0.252 e. The molecule has 0 N–H and O–H groups in total. The summed E-state index contributed by atoms with van der Waals surface area (Å²) in [5, 5.41) is 7.53. The van der Waals surface area contributed by atoms with Crippen LogP contribution in [0.4, 0.5) is 5.95 Å². The molecule has 0 radical (unpaired) electrons. The number of nitrogens with zero attached hydrogens (tertiary/aromatic N) is 4. The number of hydrogen-bond donors (Lipinski definition) is 0. The van der Waals surface area contributed by atoms with Crippen LogP contribution in [0.2, 0.25) is 0 Å². The average molecular weight is 154 g/mol. The lowest BCUT2D eigenvalue weighted by molar-refractivity contribution is 0.389. The highest BCUT2D eigenvalue weighted by atomic mass is 16.5. The van der Waals surface area contributed by atoms with Crippen LogP contribution in [0, 0.1) is 0 Å². The summed E-state index contributed by atoms with van der Waals surface area (Å²) in [5.41, 5.74) is 0. The molecular weight excluding hydrogens is 144 g/mol. The van der Waals surface area contributed by atoms with Crippen LogP contribution in [0.5, 0.6) is 5.88 Å². The normalized spacial score (nSPS) is 9.36. The van der Waals surface area contributed by atoms with Gasteiger partial charge in [-0.2, -0.15) is 0 Å². The van der Waals surface area contributed by atoms with Crippen molar-refractivity contribution in [1.29, 1.82) is 0 Å². The SMILES string of the molecule is COc1cnc(N(C)C)nn1. The van der Waals surface area contributed by atoms with Gasteiger partial charge >= 0.3 is 0 Å². The third-order valence-corrected chi connectivity index (χ3v) is 1.14. The molecule has 11 heavy (non-hydrogen) atoms. The number of rotatable bonds is 2. The molecule has 5 heteroatoms. The van der Waals surface area contributed by atoms with Gasteiger partial charge in [0.25, 0.3) is 5.88 Å². The topological polar surface area (TPSA) is 51.1 Å². The molecule has 0 spiro atoms. The van der Waals surface area contributed by atoms with Crippen LogP contribution in [0.25, 0.3) is 0 Å². The van der Waals surface area contributed by atoms with E-state index >= 15 is 0 Å². The lowest BCUT2D eigenvalue weighted by atomic mass is 10.7. The highest BCUT2D eigenvalue weighted by Crippen LogP contribution is 2.03. The Balaban J connectivity index is 2.83. The number of anilines is 1. The van der Waals surface area contributed by atoms with E-state index in [1.165, 1.54) is 13.3 Å². The summed E-state index contributed by atoms with van der Waals surface area (Å²) in [5.74, 6) is 1.00. The van der Waals surface area contributed by atoms with Gasteiger partial charge in [0.2, 0.25) is 5.95 Å². The van der Waals surface area contributed by atoms with Crippen molar-refractivity contribution in [3.63, 3.8) is 0 Å². The van der Waals surface area contributed by atoms with Gasteiger partial charge in [-0.3, -0.25) is 0 Å². The molecule has 5 nitrogen and oxygen atoms in total. The summed E-state index contributed by atoms with van der Waals surface area (Å²) in [7, 11) is 5.23. The van der Waals surface area contributed by atoms with Gasteiger partial charge in [0.15, 0.2) is 0 Å². The van der Waals surface area contributed by atoms with Gasteiger partial charge in [-0.15, -0.1) is 10.2 Å². The lowest BCUT2D eigenvalue weighted by Gasteiger charge is -2.07. The van der Waals surface area contributed by atoms with E-state index in [1.54, 1.807) is 4.90 Å². The molecule has 0 aromatic carbocycles. The molecule has 0 aliphatic rings. The summed E-state index contributed by atoms with van der Waals surface area (Å²) in [6.45, 7) is 0. The van der Waals surface area contributed by atoms with E-state index in [0.29, 0.717) is 11.8 Å². The largest absolute Gasteiger partial charge is 0.479 e. The molecule has 60 valence electrons. The van der Waals surface area contributed by atoms with Gasteiger partial charge in [-0.25, -0.2) is 4.98 Å². The third-order valence-electron chi connectivity index (χ3n) is 1.14. The summed E-state index contributed by atoms with van der Waals surface area (Å²) < 4.78 is 4.79. The molecule has 1 heterocycles. The Bertz CT molecular complexity index is 221. The van der Waals surface area contributed by atoms with Crippen molar-refractivity contribution in [3.05, 3.63) is 6.20 Å². The Hall–Kier alpha value is -1.39. The van der Waals surface area contributed by atoms with Gasteiger partial charge in [0, 0.05) is 14.1 Å². The van der Waals surface area contributed by atoms with Crippen LogP contribution in [0.1, 0.15) is 0 Å². The average Bonchev–Trinajstić information content (AvgIpc) is 2.05. The number of methoxy groups -OCH3 is 1. The summed E-state index contributed by atoms with van der Waals surface area (Å²) in [4.78, 5) is 5.75. The van der Waals surface area contributed by atoms with Crippen molar-refractivity contribution in [2.24, 2.45) is 0 Å². The Labute approximate surface area is 65.0 Å². The van der Waals surface area contributed by atoms with Crippen molar-refractivity contribution in [3.8, 4) is 5.88 Å². The van der Waals surface area contributed by atoms with E-state index in [4.69, 9.17) is 4.74 Å². The van der Waals surface area contributed by atoms with Gasteiger partial charge in [-0.05, 0) is 0 Å². The first-order valence-electron chi connectivity index (χ1n) is 3.15. The maximum Gasteiger partial charge on any atom is 0.252 e. The Morgan fingerprint density at radius 2 is 2.09 bits per heavy atom. The maximum atomic E-state index is 4.79. The number of hydrogen-bond acceptors (Lipinski definition) is 5. The first-order valence-corrected chi connectivity index (χ1v) is 3.15.